The quantitative estimate of drug-likeness (QED) is 0.851. The highest BCUT2D eigenvalue weighted by molar-refractivity contribution is 6.31. The molecule has 0 saturated heterocycles. The summed E-state index contributed by atoms with van der Waals surface area (Å²) in [5.74, 6) is 1.75. The molecule has 3 atom stereocenters. The molecule has 0 spiro atoms. The van der Waals surface area contributed by atoms with Gasteiger partial charge in [-0.1, -0.05) is 31.5 Å². The average molecular weight is 298 g/mol. The van der Waals surface area contributed by atoms with E-state index >= 15 is 0 Å². The van der Waals surface area contributed by atoms with Gasteiger partial charge in [0.05, 0.1) is 0 Å². The highest BCUT2D eigenvalue weighted by Crippen LogP contribution is 2.36. The van der Waals surface area contributed by atoms with E-state index in [2.05, 4.69) is 19.2 Å². The number of hydrogen-bond acceptors (Lipinski definition) is 1. The highest BCUT2D eigenvalue weighted by Gasteiger charge is 2.31. The molecule has 2 rings (SSSR count). The van der Waals surface area contributed by atoms with E-state index in [1.807, 2.05) is 7.05 Å². The molecular weight excluding hydrogens is 273 g/mol. The number of benzene rings is 1. The number of rotatable bonds is 4. The van der Waals surface area contributed by atoms with Crippen LogP contribution in [0.3, 0.4) is 0 Å². The first-order valence-electron chi connectivity index (χ1n) is 7.63. The van der Waals surface area contributed by atoms with Crippen molar-refractivity contribution in [3.05, 3.63) is 34.6 Å². The fourth-order valence-electron chi connectivity index (χ4n) is 3.50. The zero-order valence-electron chi connectivity index (χ0n) is 12.6. The van der Waals surface area contributed by atoms with Crippen LogP contribution in [0.1, 0.15) is 38.7 Å². The number of halogens is 2. The molecule has 20 heavy (non-hydrogen) atoms. The summed E-state index contributed by atoms with van der Waals surface area (Å²) in [5, 5.41) is 3.97. The molecule has 3 unspecified atom stereocenters. The predicted molar refractivity (Wildman–Crippen MR) is 83.6 cm³/mol. The lowest BCUT2D eigenvalue weighted by molar-refractivity contribution is 0.172. The van der Waals surface area contributed by atoms with Crippen molar-refractivity contribution < 1.29 is 4.39 Å². The Kier molecular flexibility index (Phi) is 5.45. The summed E-state index contributed by atoms with van der Waals surface area (Å²) in [4.78, 5) is 0. The van der Waals surface area contributed by atoms with Gasteiger partial charge in [0.1, 0.15) is 5.82 Å². The van der Waals surface area contributed by atoms with Crippen molar-refractivity contribution in [1.82, 2.24) is 5.32 Å². The standard InChI is InChI=1S/C17H25ClFN/c1-11(2)12-7-8-17(20-3)13(9-12)10-14-15(18)5-4-6-16(14)19/h4-6,11-13,17,20H,7-10H2,1-3H3. The molecule has 1 aromatic rings. The summed E-state index contributed by atoms with van der Waals surface area (Å²) in [6, 6.07) is 5.45. The second-order valence-electron chi connectivity index (χ2n) is 6.38. The minimum atomic E-state index is -0.168. The third-order valence-electron chi connectivity index (χ3n) is 4.86. The van der Waals surface area contributed by atoms with Crippen LogP contribution in [0.4, 0.5) is 4.39 Å². The van der Waals surface area contributed by atoms with Gasteiger partial charge in [0.2, 0.25) is 0 Å². The van der Waals surface area contributed by atoms with Crippen molar-refractivity contribution in [2.24, 2.45) is 17.8 Å². The summed E-state index contributed by atoms with van der Waals surface area (Å²) in [7, 11) is 2.01. The Labute approximate surface area is 126 Å². The van der Waals surface area contributed by atoms with Crippen LogP contribution in [0.25, 0.3) is 0 Å². The fraction of sp³-hybridized carbons (Fsp3) is 0.647. The summed E-state index contributed by atoms with van der Waals surface area (Å²) in [5.41, 5.74) is 0.684. The summed E-state index contributed by atoms with van der Waals surface area (Å²) in [6.07, 6.45) is 4.34. The largest absolute Gasteiger partial charge is 0.317 e. The molecule has 0 bridgehead atoms. The van der Waals surface area contributed by atoms with Gasteiger partial charge >= 0.3 is 0 Å². The van der Waals surface area contributed by atoms with Gasteiger partial charge < -0.3 is 5.32 Å². The second-order valence-corrected chi connectivity index (χ2v) is 6.78. The number of hydrogen-bond donors (Lipinski definition) is 1. The van der Waals surface area contributed by atoms with Crippen LogP contribution >= 0.6 is 11.6 Å². The smallest absolute Gasteiger partial charge is 0.127 e. The van der Waals surface area contributed by atoms with Crippen LogP contribution in [0, 0.1) is 23.6 Å². The van der Waals surface area contributed by atoms with Gasteiger partial charge in [-0.25, -0.2) is 4.39 Å². The molecule has 0 aromatic heterocycles. The normalized spacial score (nSPS) is 27.0. The minimum Gasteiger partial charge on any atom is -0.317 e. The second kappa shape index (κ2) is 6.91. The molecule has 1 nitrogen and oxygen atoms in total. The highest BCUT2D eigenvalue weighted by atomic mass is 35.5. The van der Waals surface area contributed by atoms with Crippen LogP contribution in [0.2, 0.25) is 5.02 Å². The van der Waals surface area contributed by atoms with Gasteiger partial charge in [0.25, 0.3) is 0 Å². The molecule has 1 aromatic carbocycles. The first-order valence-corrected chi connectivity index (χ1v) is 8.00. The van der Waals surface area contributed by atoms with Crippen molar-refractivity contribution >= 4 is 11.6 Å². The molecule has 112 valence electrons. The Morgan fingerprint density at radius 3 is 2.70 bits per heavy atom. The fourth-order valence-corrected chi connectivity index (χ4v) is 3.74. The third kappa shape index (κ3) is 3.53. The van der Waals surface area contributed by atoms with E-state index < -0.39 is 0 Å². The van der Waals surface area contributed by atoms with Crippen LogP contribution in [-0.4, -0.2) is 13.1 Å². The first kappa shape index (κ1) is 15.8. The molecule has 1 aliphatic rings. The molecule has 0 heterocycles. The Balaban J connectivity index is 2.15. The first-order chi connectivity index (χ1) is 9.52. The minimum absolute atomic E-state index is 0.168. The van der Waals surface area contributed by atoms with Crippen molar-refractivity contribution in [2.75, 3.05) is 7.05 Å². The Bertz CT molecular complexity index is 426. The maximum absolute atomic E-state index is 14.0. The predicted octanol–water partition coefficient (Wildman–Crippen LogP) is 4.68. The number of nitrogens with one attached hydrogen (secondary N) is 1. The van der Waals surface area contributed by atoms with E-state index in [4.69, 9.17) is 11.6 Å². The lowest BCUT2D eigenvalue weighted by Crippen LogP contribution is -2.40. The molecule has 0 aliphatic heterocycles. The third-order valence-corrected chi connectivity index (χ3v) is 5.22. The maximum Gasteiger partial charge on any atom is 0.127 e. The molecule has 1 N–H and O–H groups in total. The molecule has 0 radical (unpaired) electrons. The molecule has 1 fully saturated rings. The molecule has 3 heteroatoms. The van der Waals surface area contributed by atoms with Crippen molar-refractivity contribution in [3.63, 3.8) is 0 Å². The van der Waals surface area contributed by atoms with Gasteiger partial charge in [-0.3, -0.25) is 0 Å². The van der Waals surface area contributed by atoms with E-state index in [0.717, 1.165) is 18.8 Å². The van der Waals surface area contributed by atoms with Gasteiger partial charge in [-0.15, -0.1) is 0 Å². The van der Waals surface area contributed by atoms with Gasteiger partial charge in [-0.05, 0) is 62.6 Å². The topological polar surface area (TPSA) is 12.0 Å². The SMILES string of the molecule is CNC1CCC(C(C)C)CC1Cc1c(F)cccc1Cl. The Hall–Kier alpha value is -0.600. The summed E-state index contributed by atoms with van der Waals surface area (Å²) < 4.78 is 14.0. The van der Waals surface area contributed by atoms with Crippen LogP contribution in [0.5, 0.6) is 0 Å². The monoisotopic (exact) mass is 297 g/mol. The maximum atomic E-state index is 14.0. The van der Waals surface area contributed by atoms with Crippen molar-refractivity contribution in [1.29, 1.82) is 0 Å². The Morgan fingerprint density at radius 2 is 2.10 bits per heavy atom. The van der Waals surface area contributed by atoms with Crippen molar-refractivity contribution in [2.45, 2.75) is 45.6 Å². The molecule has 1 aliphatic carbocycles. The van der Waals surface area contributed by atoms with Gasteiger partial charge in [-0.2, -0.15) is 0 Å². The van der Waals surface area contributed by atoms with E-state index in [1.165, 1.54) is 18.9 Å². The van der Waals surface area contributed by atoms with Crippen LogP contribution < -0.4 is 5.32 Å². The summed E-state index contributed by atoms with van der Waals surface area (Å²) >= 11 is 6.18. The summed E-state index contributed by atoms with van der Waals surface area (Å²) in [6.45, 7) is 4.58. The molecular formula is C17H25ClFN. The van der Waals surface area contributed by atoms with E-state index in [1.54, 1.807) is 12.1 Å². The Morgan fingerprint density at radius 1 is 1.35 bits per heavy atom. The van der Waals surface area contributed by atoms with Gasteiger partial charge in [0.15, 0.2) is 0 Å². The molecule has 0 amide bonds. The zero-order chi connectivity index (χ0) is 14.7. The van der Waals surface area contributed by atoms with Crippen molar-refractivity contribution in [3.8, 4) is 0 Å². The lowest BCUT2D eigenvalue weighted by Gasteiger charge is -2.38. The lowest BCUT2D eigenvalue weighted by atomic mass is 9.71. The molecule has 1 saturated carbocycles. The average Bonchev–Trinajstić information content (AvgIpc) is 2.42. The zero-order valence-corrected chi connectivity index (χ0v) is 13.4. The van der Waals surface area contributed by atoms with E-state index in [9.17, 15) is 4.39 Å². The van der Waals surface area contributed by atoms with E-state index in [-0.39, 0.29) is 5.82 Å². The van der Waals surface area contributed by atoms with E-state index in [0.29, 0.717) is 28.5 Å². The van der Waals surface area contributed by atoms with Crippen LogP contribution in [-0.2, 0) is 6.42 Å². The van der Waals surface area contributed by atoms with Crippen LogP contribution in [0.15, 0.2) is 18.2 Å². The van der Waals surface area contributed by atoms with Gasteiger partial charge in [0, 0.05) is 16.6 Å².